The summed E-state index contributed by atoms with van der Waals surface area (Å²) in [6, 6.07) is 3.98. The minimum absolute atomic E-state index is 0.492. The van der Waals surface area contributed by atoms with Crippen molar-refractivity contribution in [2.45, 2.75) is 19.8 Å². The Hall–Kier alpha value is -1.84. The SMILES string of the molecule is CCCc1ccc2onc3c2c1OCC=N3. The van der Waals surface area contributed by atoms with Crippen LogP contribution < -0.4 is 4.74 Å². The summed E-state index contributed by atoms with van der Waals surface area (Å²) in [6.07, 6.45) is 3.80. The Morgan fingerprint density at radius 1 is 1.38 bits per heavy atom. The van der Waals surface area contributed by atoms with Gasteiger partial charge in [-0.3, -0.25) is 0 Å². The number of aliphatic imine (C=N–C) groups is 1. The predicted molar refractivity (Wildman–Crippen MR) is 61.7 cm³/mol. The van der Waals surface area contributed by atoms with Crippen molar-refractivity contribution >= 4 is 23.0 Å². The average Bonchev–Trinajstić information content (AvgIpc) is 2.57. The zero-order valence-electron chi connectivity index (χ0n) is 9.06. The maximum Gasteiger partial charge on any atom is 0.206 e. The third-order valence-corrected chi connectivity index (χ3v) is 2.69. The van der Waals surface area contributed by atoms with Crippen LogP contribution in [0.2, 0.25) is 0 Å². The zero-order chi connectivity index (χ0) is 11.0. The van der Waals surface area contributed by atoms with Gasteiger partial charge in [-0.2, -0.15) is 0 Å². The van der Waals surface area contributed by atoms with E-state index in [0.29, 0.717) is 12.4 Å². The van der Waals surface area contributed by atoms with Gasteiger partial charge in [0.1, 0.15) is 17.7 Å². The molecule has 0 amide bonds. The van der Waals surface area contributed by atoms with Gasteiger partial charge in [-0.25, -0.2) is 4.99 Å². The van der Waals surface area contributed by atoms with E-state index in [-0.39, 0.29) is 0 Å². The monoisotopic (exact) mass is 216 g/mol. The molecule has 4 nitrogen and oxygen atoms in total. The van der Waals surface area contributed by atoms with Gasteiger partial charge in [0.05, 0.1) is 0 Å². The van der Waals surface area contributed by atoms with E-state index in [0.717, 1.165) is 29.6 Å². The normalized spacial score (nSPS) is 13.8. The van der Waals surface area contributed by atoms with E-state index in [9.17, 15) is 0 Å². The molecule has 0 aliphatic carbocycles. The van der Waals surface area contributed by atoms with Crippen molar-refractivity contribution < 1.29 is 9.26 Å². The van der Waals surface area contributed by atoms with Crippen molar-refractivity contribution in [1.29, 1.82) is 0 Å². The fourth-order valence-corrected chi connectivity index (χ4v) is 2.00. The lowest BCUT2D eigenvalue weighted by molar-refractivity contribution is 0.381. The lowest BCUT2D eigenvalue weighted by Crippen LogP contribution is -1.99. The molecule has 0 bridgehead atoms. The van der Waals surface area contributed by atoms with E-state index in [1.807, 2.05) is 12.1 Å². The highest BCUT2D eigenvalue weighted by Gasteiger charge is 2.18. The third kappa shape index (κ3) is 1.30. The van der Waals surface area contributed by atoms with E-state index >= 15 is 0 Å². The smallest absolute Gasteiger partial charge is 0.206 e. The van der Waals surface area contributed by atoms with Crippen LogP contribution in [0.3, 0.4) is 0 Å². The third-order valence-electron chi connectivity index (χ3n) is 2.69. The molecule has 4 heteroatoms. The highest BCUT2D eigenvalue weighted by atomic mass is 16.5. The van der Waals surface area contributed by atoms with Crippen LogP contribution in [0, 0.1) is 0 Å². The summed E-state index contributed by atoms with van der Waals surface area (Å²) in [5.74, 6) is 1.51. The van der Waals surface area contributed by atoms with Crippen molar-refractivity contribution in [3.63, 3.8) is 0 Å². The Kier molecular flexibility index (Phi) is 2.13. The first kappa shape index (κ1) is 9.39. The summed E-state index contributed by atoms with van der Waals surface area (Å²) in [5.41, 5.74) is 1.94. The van der Waals surface area contributed by atoms with Crippen LogP contribution in [0.15, 0.2) is 21.6 Å². The van der Waals surface area contributed by atoms with E-state index in [1.54, 1.807) is 6.21 Å². The topological polar surface area (TPSA) is 47.6 Å². The molecule has 1 aromatic carbocycles. The molecule has 1 aliphatic rings. The van der Waals surface area contributed by atoms with Gasteiger partial charge in [-0.05, 0) is 18.1 Å². The standard InChI is InChI=1S/C12H12N2O2/c1-2-3-8-4-5-9-10-11(8)15-7-6-13-12(10)14-16-9/h4-6H,2-3,7H2,1H3. The van der Waals surface area contributed by atoms with E-state index in [4.69, 9.17) is 9.26 Å². The van der Waals surface area contributed by atoms with Gasteiger partial charge in [0, 0.05) is 6.21 Å². The first-order valence-electron chi connectivity index (χ1n) is 5.46. The Morgan fingerprint density at radius 3 is 3.19 bits per heavy atom. The molecule has 0 saturated carbocycles. The van der Waals surface area contributed by atoms with Crippen LogP contribution in [0.5, 0.6) is 5.75 Å². The number of ether oxygens (including phenoxy) is 1. The van der Waals surface area contributed by atoms with E-state index < -0.39 is 0 Å². The van der Waals surface area contributed by atoms with Gasteiger partial charge >= 0.3 is 0 Å². The largest absolute Gasteiger partial charge is 0.487 e. The number of hydrogen-bond donors (Lipinski definition) is 0. The molecule has 0 radical (unpaired) electrons. The van der Waals surface area contributed by atoms with E-state index in [2.05, 4.69) is 17.1 Å². The van der Waals surface area contributed by atoms with Gasteiger partial charge in [0.25, 0.3) is 0 Å². The van der Waals surface area contributed by atoms with Crippen LogP contribution >= 0.6 is 0 Å². The molecule has 0 unspecified atom stereocenters. The van der Waals surface area contributed by atoms with Crippen LogP contribution in [0.25, 0.3) is 11.0 Å². The minimum Gasteiger partial charge on any atom is -0.487 e. The number of rotatable bonds is 2. The molecule has 0 atom stereocenters. The number of hydrogen-bond acceptors (Lipinski definition) is 4. The number of aryl methyl sites for hydroxylation is 1. The lowest BCUT2D eigenvalue weighted by Gasteiger charge is -2.08. The van der Waals surface area contributed by atoms with Gasteiger partial charge in [0.2, 0.25) is 5.82 Å². The summed E-state index contributed by atoms with van der Waals surface area (Å²) in [4.78, 5) is 4.21. The maximum atomic E-state index is 5.71. The molecule has 82 valence electrons. The highest BCUT2D eigenvalue weighted by Crippen LogP contribution is 2.38. The molecule has 0 saturated heterocycles. The maximum absolute atomic E-state index is 5.71. The van der Waals surface area contributed by atoms with Crippen molar-refractivity contribution in [1.82, 2.24) is 5.16 Å². The zero-order valence-corrected chi connectivity index (χ0v) is 9.06. The quantitative estimate of drug-likeness (QED) is 0.775. The molecule has 1 aliphatic heterocycles. The molecule has 2 aromatic rings. The van der Waals surface area contributed by atoms with Crippen LogP contribution in [-0.2, 0) is 6.42 Å². The van der Waals surface area contributed by atoms with Crippen LogP contribution in [0.4, 0.5) is 5.82 Å². The first-order chi connectivity index (χ1) is 7.90. The van der Waals surface area contributed by atoms with Gasteiger partial charge < -0.3 is 9.26 Å². The number of nitrogens with zero attached hydrogens (tertiary/aromatic N) is 2. The predicted octanol–water partition coefficient (Wildman–Crippen LogP) is 2.88. The highest BCUT2D eigenvalue weighted by molar-refractivity contribution is 5.95. The fraction of sp³-hybridized carbons (Fsp3) is 0.333. The van der Waals surface area contributed by atoms with Crippen LogP contribution in [-0.4, -0.2) is 18.0 Å². The number of benzene rings is 1. The molecular weight excluding hydrogens is 204 g/mol. The Bertz CT molecular complexity index is 557. The molecule has 3 rings (SSSR count). The second-order valence-electron chi connectivity index (χ2n) is 3.81. The van der Waals surface area contributed by atoms with Crippen molar-refractivity contribution in [2.24, 2.45) is 4.99 Å². The molecule has 0 spiro atoms. The Balaban J connectivity index is 2.29. The summed E-state index contributed by atoms with van der Waals surface area (Å²) >= 11 is 0. The molecular formula is C12H12N2O2. The Labute approximate surface area is 92.9 Å². The first-order valence-corrected chi connectivity index (χ1v) is 5.46. The lowest BCUT2D eigenvalue weighted by atomic mass is 10.1. The van der Waals surface area contributed by atoms with Gasteiger partial charge in [0.15, 0.2) is 5.58 Å². The average molecular weight is 216 g/mol. The van der Waals surface area contributed by atoms with Crippen molar-refractivity contribution in [2.75, 3.05) is 6.61 Å². The number of aromatic nitrogens is 1. The summed E-state index contributed by atoms with van der Waals surface area (Å²) in [6.45, 7) is 2.64. The molecule has 2 heterocycles. The molecule has 0 N–H and O–H groups in total. The molecule has 0 fully saturated rings. The Morgan fingerprint density at radius 2 is 2.31 bits per heavy atom. The second kappa shape index (κ2) is 3.63. The van der Waals surface area contributed by atoms with E-state index in [1.165, 1.54) is 5.56 Å². The molecule has 16 heavy (non-hydrogen) atoms. The van der Waals surface area contributed by atoms with Crippen molar-refractivity contribution in [3.05, 3.63) is 17.7 Å². The minimum atomic E-state index is 0.492. The summed E-state index contributed by atoms with van der Waals surface area (Å²) < 4.78 is 10.9. The molecule has 1 aromatic heterocycles. The van der Waals surface area contributed by atoms with Crippen molar-refractivity contribution in [3.8, 4) is 5.75 Å². The summed E-state index contributed by atoms with van der Waals surface area (Å²) in [5, 5.41) is 4.84. The second-order valence-corrected chi connectivity index (χ2v) is 3.81. The van der Waals surface area contributed by atoms with Crippen LogP contribution in [0.1, 0.15) is 18.9 Å². The fourth-order valence-electron chi connectivity index (χ4n) is 2.00. The summed E-state index contributed by atoms with van der Waals surface area (Å²) in [7, 11) is 0. The van der Waals surface area contributed by atoms with Gasteiger partial charge in [-0.1, -0.05) is 24.6 Å². The van der Waals surface area contributed by atoms with Gasteiger partial charge in [-0.15, -0.1) is 0 Å².